The van der Waals surface area contributed by atoms with Crippen LogP contribution in [0, 0.1) is 0 Å². The summed E-state index contributed by atoms with van der Waals surface area (Å²) in [7, 11) is 1.99. The highest BCUT2D eigenvalue weighted by Gasteiger charge is 2.12. The Morgan fingerprint density at radius 2 is 1.93 bits per heavy atom. The molecule has 0 saturated heterocycles. The van der Waals surface area contributed by atoms with Gasteiger partial charge in [-0.25, -0.2) is 4.98 Å². The normalized spacial score (nSPS) is 11.2. The molecule has 0 bridgehead atoms. The molecule has 0 N–H and O–H groups in total. The van der Waals surface area contributed by atoms with E-state index in [9.17, 15) is 0 Å². The average molecular weight is 394 g/mol. The minimum Gasteiger partial charge on any atom is -0.494 e. The second-order valence-electron chi connectivity index (χ2n) is 6.58. The Balaban J connectivity index is 1.43. The van der Waals surface area contributed by atoms with Crippen LogP contribution in [0.2, 0.25) is 0 Å². The molecule has 7 heteroatoms. The van der Waals surface area contributed by atoms with Gasteiger partial charge in [-0.05, 0) is 42.8 Å². The Morgan fingerprint density at radius 3 is 2.71 bits per heavy atom. The third-order valence-electron chi connectivity index (χ3n) is 4.48. The first-order valence-corrected chi connectivity index (χ1v) is 10.4. The second-order valence-corrected chi connectivity index (χ2v) is 7.52. The summed E-state index contributed by atoms with van der Waals surface area (Å²) in [6.45, 7) is 2.91. The van der Waals surface area contributed by atoms with E-state index in [1.165, 1.54) is 0 Å². The van der Waals surface area contributed by atoms with Crippen molar-refractivity contribution in [1.29, 1.82) is 0 Å². The third kappa shape index (κ3) is 4.04. The van der Waals surface area contributed by atoms with Gasteiger partial charge >= 0.3 is 0 Å². The highest BCUT2D eigenvalue weighted by atomic mass is 32.2. The van der Waals surface area contributed by atoms with Crippen molar-refractivity contribution in [1.82, 2.24) is 24.1 Å². The number of ether oxygens (including phenoxy) is 1. The standard InChI is InChI=1S/C21H23N5OS/c1-3-4-13-27-18-10-8-16(9-11-18)20-23-24-21(25(20)2)28-15-17-14-26-12-6-5-7-19(26)22-17/h5-12,14H,3-4,13,15H2,1-2H3. The fourth-order valence-corrected chi connectivity index (χ4v) is 3.72. The van der Waals surface area contributed by atoms with E-state index in [0.29, 0.717) is 0 Å². The van der Waals surface area contributed by atoms with E-state index in [2.05, 4.69) is 28.3 Å². The maximum Gasteiger partial charge on any atom is 0.191 e. The van der Waals surface area contributed by atoms with Crippen LogP contribution >= 0.6 is 11.8 Å². The summed E-state index contributed by atoms with van der Waals surface area (Å²) in [5.74, 6) is 2.48. The zero-order valence-corrected chi connectivity index (χ0v) is 16.9. The van der Waals surface area contributed by atoms with Crippen molar-refractivity contribution >= 4 is 17.4 Å². The van der Waals surface area contributed by atoms with Gasteiger partial charge in [-0.15, -0.1) is 10.2 Å². The Bertz CT molecular complexity index is 1020. The van der Waals surface area contributed by atoms with Crippen LogP contribution in [-0.2, 0) is 12.8 Å². The van der Waals surface area contributed by atoms with Crippen molar-refractivity contribution < 1.29 is 4.74 Å². The van der Waals surface area contributed by atoms with E-state index in [1.807, 2.05) is 64.7 Å². The number of hydrogen-bond donors (Lipinski definition) is 0. The fourth-order valence-electron chi connectivity index (χ4n) is 2.92. The van der Waals surface area contributed by atoms with Gasteiger partial charge in [0.25, 0.3) is 0 Å². The number of fused-ring (bicyclic) bond motifs is 1. The van der Waals surface area contributed by atoms with E-state index in [-0.39, 0.29) is 0 Å². The van der Waals surface area contributed by atoms with E-state index >= 15 is 0 Å². The molecule has 144 valence electrons. The number of aromatic nitrogens is 5. The molecule has 3 aromatic heterocycles. The smallest absolute Gasteiger partial charge is 0.191 e. The van der Waals surface area contributed by atoms with Gasteiger partial charge in [0.1, 0.15) is 11.4 Å². The summed E-state index contributed by atoms with van der Waals surface area (Å²) < 4.78 is 9.78. The van der Waals surface area contributed by atoms with Gasteiger partial charge in [-0.1, -0.05) is 31.2 Å². The molecule has 28 heavy (non-hydrogen) atoms. The van der Waals surface area contributed by atoms with Gasteiger partial charge in [-0.3, -0.25) is 0 Å². The first kappa shape index (κ1) is 18.6. The molecule has 1 aromatic carbocycles. The van der Waals surface area contributed by atoms with Crippen molar-refractivity contribution in [2.24, 2.45) is 7.05 Å². The molecule has 0 atom stereocenters. The van der Waals surface area contributed by atoms with E-state index in [0.717, 1.165) is 58.8 Å². The van der Waals surface area contributed by atoms with Crippen LogP contribution in [-0.4, -0.2) is 30.8 Å². The summed E-state index contributed by atoms with van der Waals surface area (Å²) in [5.41, 5.74) is 3.00. The topological polar surface area (TPSA) is 57.2 Å². The lowest BCUT2D eigenvalue weighted by Gasteiger charge is -2.07. The van der Waals surface area contributed by atoms with Crippen molar-refractivity contribution in [3.05, 3.63) is 60.6 Å². The quantitative estimate of drug-likeness (QED) is 0.323. The molecule has 0 radical (unpaired) electrons. The molecule has 0 spiro atoms. The van der Waals surface area contributed by atoms with Gasteiger partial charge in [0.05, 0.1) is 12.3 Å². The molecule has 0 amide bonds. The maximum absolute atomic E-state index is 5.73. The third-order valence-corrected chi connectivity index (χ3v) is 5.53. The lowest BCUT2D eigenvalue weighted by molar-refractivity contribution is 0.309. The Labute approximate surface area is 168 Å². The molecular weight excluding hydrogens is 370 g/mol. The molecule has 4 rings (SSSR count). The summed E-state index contributed by atoms with van der Waals surface area (Å²) in [6, 6.07) is 14.0. The number of nitrogens with zero attached hydrogens (tertiary/aromatic N) is 5. The molecule has 0 saturated carbocycles. The van der Waals surface area contributed by atoms with Crippen LogP contribution in [0.1, 0.15) is 25.5 Å². The zero-order valence-electron chi connectivity index (χ0n) is 16.1. The Hall–Kier alpha value is -2.80. The van der Waals surface area contributed by atoms with Gasteiger partial charge in [0.15, 0.2) is 11.0 Å². The molecule has 0 aliphatic carbocycles. The summed E-state index contributed by atoms with van der Waals surface area (Å²) in [4.78, 5) is 4.63. The molecule has 6 nitrogen and oxygen atoms in total. The average Bonchev–Trinajstić information content (AvgIpc) is 3.30. The molecule has 0 unspecified atom stereocenters. The van der Waals surface area contributed by atoms with E-state index < -0.39 is 0 Å². The first-order valence-electron chi connectivity index (χ1n) is 9.42. The number of benzene rings is 1. The zero-order chi connectivity index (χ0) is 19.3. The van der Waals surface area contributed by atoms with Gasteiger partial charge in [0, 0.05) is 30.8 Å². The Kier molecular flexibility index (Phi) is 5.62. The molecule has 0 fully saturated rings. The first-order chi connectivity index (χ1) is 13.7. The Morgan fingerprint density at radius 1 is 1.07 bits per heavy atom. The predicted octanol–water partition coefficient (Wildman–Crippen LogP) is 4.60. The fraction of sp³-hybridized carbons (Fsp3) is 0.286. The van der Waals surface area contributed by atoms with Crippen LogP contribution in [0.25, 0.3) is 17.0 Å². The van der Waals surface area contributed by atoms with Crippen LogP contribution in [0.4, 0.5) is 0 Å². The minimum atomic E-state index is 0.748. The molecule has 0 aliphatic rings. The van der Waals surface area contributed by atoms with Crippen LogP contribution in [0.3, 0.4) is 0 Å². The SMILES string of the molecule is CCCCOc1ccc(-c2nnc(SCc3cn4ccccc4n3)n2C)cc1. The largest absolute Gasteiger partial charge is 0.494 e. The van der Waals surface area contributed by atoms with E-state index in [4.69, 9.17) is 4.74 Å². The number of pyridine rings is 1. The van der Waals surface area contributed by atoms with Crippen LogP contribution in [0.15, 0.2) is 60.0 Å². The summed E-state index contributed by atoms with van der Waals surface area (Å²) >= 11 is 1.64. The van der Waals surface area contributed by atoms with Crippen molar-refractivity contribution in [2.45, 2.75) is 30.7 Å². The monoisotopic (exact) mass is 393 g/mol. The van der Waals surface area contributed by atoms with Crippen molar-refractivity contribution in [3.63, 3.8) is 0 Å². The minimum absolute atomic E-state index is 0.748. The number of hydrogen-bond acceptors (Lipinski definition) is 5. The second kappa shape index (κ2) is 8.48. The molecular formula is C21H23N5OS. The number of unbranched alkanes of at least 4 members (excludes halogenated alkanes) is 1. The van der Waals surface area contributed by atoms with Crippen molar-refractivity contribution in [3.8, 4) is 17.1 Å². The highest BCUT2D eigenvalue weighted by molar-refractivity contribution is 7.98. The van der Waals surface area contributed by atoms with Crippen LogP contribution < -0.4 is 4.74 Å². The summed E-state index contributed by atoms with van der Waals surface area (Å²) in [5, 5.41) is 9.60. The predicted molar refractivity (Wildman–Crippen MR) is 112 cm³/mol. The van der Waals surface area contributed by atoms with Crippen molar-refractivity contribution in [2.75, 3.05) is 6.61 Å². The maximum atomic E-state index is 5.73. The number of rotatable bonds is 8. The van der Waals surface area contributed by atoms with Gasteiger partial charge < -0.3 is 13.7 Å². The summed E-state index contributed by atoms with van der Waals surface area (Å²) in [6.07, 6.45) is 6.26. The molecule has 0 aliphatic heterocycles. The lowest BCUT2D eigenvalue weighted by Crippen LogP contribution is -1.97. The lowest BCUT2D eigenvalue weighted by atomic mass is 10.2. The molecule has 4 aromatic rings. The number of thioether (sulfide) groups is 1. The van der Waals surface area contributed by atoms with Gasteiger partial charge in [-0.2, -0.15) is 0 Å². The molecule has 3 heterocycles. The number of imidazole rings is 1. The van der Waals surface area contributed by atoms with E-state index in [1.54, 1.807) is 11.8 Å². The highest BCUT2D eigenvalue weighted by Crippen LogP contribution is 2.26. The van der Waals surface area contributed by atoms with Gasteiger partial charge in [0.2, 0.25) is 0 Å². The van der Waals surface area contributed by atoms with Crippen LogP contribution in [0.5, 0.6) is 5.75 Å².